The second-order valence-corrected chi connectivity index (χ2v) is 8.76. The molecule has 0 spiro atoms. The number of amides is 1. The summed E-state index contributed by atoms with van der Waals surface area (Å²) in [7, 11) is 4.98. The summed E-state index contributed by atoms with van der Waals surface area (Å²) in [4.78, 5) is 28.5. The monoisotopic (exact) mass is 439 g/mol. The van der Waals surface area contributed by atoms with Crippen LogP contribution in [0.3, 0.4) is 0 Å². The minimum absolute atomic E-state index is 0.106. The van der Waals surface area contributed by atoms with Crippen molar-refractivity contribution >= 4 is 23.4 Å². The molecule has 2 heterocycles. The largest absolute Gasteiger partial charge is 0.493 e. The molecule has 0 unspecified atom stereocenters. The average molecular weight is 440 g/mol. The Morgan fingerprint density at radius 2 is 1.68 bits per heavy atom. The number of hydrogen-bond donors (Lipinski definition) is 0. The number of rotatable bonds is 5. The third-order valence-electron chi connectivity index (χ3n) is 5.62. The molecule has 4 rings (SSSR count). The Kier molecular flexibility index (Phi) is 5.58. The number of anilines is 1. The fourth-order valence-corrected chi connectivity index (χ4v) is 5.28. The molecule has 2 atom stereocenters. The molecule has 31 heavy (non-hydrogen) atoms. The van der Waals surface area contributed by atoms with E-state index in [0.717, 1.165) is 11.3 Å². The number of ether oxygens (including phenoxy) is 2. The van der Waals surface area contributed by atoms with Crippen molar-refractivity contribution in [2.24, 2.45) is 7.05 Å². The van der Waals surface area contributed by atoms with Crippen LogP contribution < -0.4 is 19.9 Å². The lowest BCUT2D eigenvalue weighted by Crippen LogP contribution is -2.34. The molecule has 0 saturated carbocycles. The van der Waals surface area contributed by atoms with Gasteiger partial charge in [-0.05, 0) is 32.0 Å². The molecule has 162 valence electrons. The third kappa shape index (κ3) is 3.31. The van der Waals surface area contributed by atoms with Crippen molar-refractivity contribution < 1.29 is 14.3 Å². The Morgan fingerprint density at radius 3 is 2.32 bits per heavy atom. The zero-order valence-electron chi connectivity index (χ0n) is 18.2. The molecule has 0 N–H and O–H groups in total. The summed E-state index contributed by atoms with van der Waals surface area (Å²) >= 11 is 1.49. The van der Waals surface area contributed by atoms with Gasteiger partial charge in [0.25, 0.3) is 5.56 Å². The van der Waals surface area contributed by atoms with Crippen LogP contribution in [-0.4, -0.2) is 34.7 Å². The van der Waals surface area contributed by atoms with E-state index in [-0.39, 0.29) is 16.7 Å². The molecule has 7 nitrogen and oxygen atoms in total. The van der Waals surface area contributed by atoms with E-state index in [1.807, 2.05) is 69.4 Å². The minimum Gasteiger partial charge on any atom is -0.493 e. The van der Waals surface area contributed by atoms with Gasteiger partial charge >= 0.3 is 0 Å². The van der Waals surface area contributed by atoms with E-state index in [1.165, 1.54) is 11.8 Å². The van der Waals surface area contributed by atoms with Gasteiger partial charge in [-0.2, -0.15) is 0 Å². The van der Waals surface area contributed by atoms with Crippen LogP contribution in [0, 0.1) is 6.92 Å². The third-order valence-corrected chi connectivity index (χ3v) is 6.95. The first-order valence-electron chi connectivity index (χ1n) is 9.94. The summed E-state index contributed by atoms with van der Waals surface area (Å²) in [6.45, 7) is 3.72. The van der Waals surface area contributed by atoms with Gasteiger partial charge in [0.1, 0.15) is 11.1 Å². The normalized spacial score (nSPS) is 18.5. The SMILES string of the molecule is COc1cccc([C@H]2S[C@H](C)C(=O)N2c2c(C)n(C)n(-c3ccccc3)c2=O)c1OC. The molecular weight excluding hydrogens is 414 g/mol. The van der Waals surface area contributed by atoms with Crippen LogP contribution in [0.5, 0.6) is 11.5 Å². The predicted octanol–water partition coefficient (Wildman–Crippen LogP) is 3.67. The fourth-order valence-electron chi connectivity index (χ4n) is 4.00. The number of hydrogen-bond acceptors (Lipinski definition) is 5. The highest BCUT2D eigenvalue weighted by Crippen LogP contribution is 2.49. The first-order valence-corrected chi connectivity index (χ1v) is 10.9. The summed E-state index contributed by atoms with van der Waals surface area (Å²) < 4.78 is 14.5. The fraction of sp³-hybridized carbons (Fsp3) is 0.304. The van der Waals surface area contributed by atoms with Crippen LogP contribution in [-0.2, 0) is 11.8 Å². The van der Waals surface area contributed by atoms with Crippen LogP contribution in [0.1, 0.15) is 23.6 Å². The van der Waals surface area contributed by atoms with E-state index in [2.05, 4.69) is 0 Å². The molecule has 0 radical (unpaired) electrons. The number of benzene rings is 2. The van der Waals surface area contributed by atoms with Crippen molar-refractivity contribution in [1.82, 2.24) is 9.36 Å². The van der Waals surface area contributed by atoms with E-state index in [4.69, 9.17) is 9.47 Å². The topological polar surface area (TPSA) is 65.7 Å². The van der Waals surface area contributed by atoms with Gasteiger partial charge in [0.05, 0.1) is 30.9 Å². The number of aromatic nitrogens is 2. The molecule has 1 saturated heterocycles. The summed E-state index contributed by atoms with van der Waals surface area (Å²) in [5.74, 6) is 1.04. The maximum atomic E-state index is 13.6. The van der Waals surface area contributed by atoms with Crippen LogP contribution in [0.2, 0.25) is 0 Å². The molecule has 0 aliphatic carbocycles. The first kappa shape index (κ1) is 21.1. The quantitative estimate of drug-likeness (QED) is 0.607. The molecule has 0 bridgehead atoms. The number of thioether (sulfide) groups is 1. The summed E-state index contributed by atoms with van der Waals surface area (Å²) in [5, 5.41) is -0.712. The molecule has 1 aromatic heterocycles. The molecule has 1 fully saturated rings. The summed E-state index contributed by atoms with van der Waals surface area (Å²) in [6.07, 6.45) is 0. The predicted molar refractivity (Wildman–Crippen MR) is 123 cm³/mol. The molecule has 2 aromatic carbocycles. The lowest BCUT2D eigenvalue weighted by molar-refractivity contribution is -0.117. The Bertz CT molecular complexity index is 1190. The Hall–Kier alpha value is -3.13. The van der Waals surface area contributed by atoms with Gasteiger partial charge < -0.3 is 9.47 Å². The van der Waals surface area contributed by atoms with Gasteiger partial charge in [-0.25, -0.2) is 4.68 Å². The Morgan fingerprint density at radius 1 is 0.968 bits per heavy atom. The van der Waals surface area contributed by atoms with Crippen LogP contribution in [0.4, 0.5) is 5.69 Å². The summed E-state index contributed by atoms with van der Waals surface area (Å²) in [6, 6.07) is 15.0. The average Bonchev–Trinajstić information content (AvgIpc) is 3.19. The van der Waals surface area contributed by atoms with Crippen molar-refractivity contribution in [1.29, 1.82) is 0 Å². The number of nitrogens with zero attached hydrogens (tertiary/aromatic N) is 3. The minimum atomic E-state index is -0.412. The molecular formula is C23H25N3O4S. The van der Waals surface area contributed by atoms with Crippen LogP contribution in [0.15, 0.2) is 53.3 Å². The Labute approximate surface area is 185 Å². The maximum absolute atomic E-state index is 13.6. The number of carbonyl (C=O) groups excluding carboxylic acids is 1. The van der Waals surface area contributed by atoms with Gasteiger partial charge in [0.2, 0.25) is 5.91 Å². The molecule has 1 aliphatic rings. The summed E-state index contributed by atoms with van der Waals surface area (Å²) in [5.41, 5.74) is 2.39. The number of para-hydroxylation sites is 2. The second kappa shape index (κ2) is 8.19. The Balaban J connectivity index is 1.91. The van der Waals surface area contributed by atoms with E-state index in [9.17, 15) is 9.59 Å². The highest BCUT2D eigenvalue weighted by atomic mass is 32.2. The van der Waals surface area contributed by atoms with Crippen molar-refractivity contribution in [3.63, 3.8) is 0 Å². The highest BCUT2D eigenvalue weighted by molar-refractivity contribution is 8.01. The smallest absolute Gasteiger partial charge is 0.295 e. The number of carbonyl (C=O) groups is 1. The van der Waals surface area contributed by atoms with E-state index < -0.39 is 5.37 Å². The van der Waals surface area contributed by atoms with Gasteiger partial charge in [-0.3, -0.25) is 19.2 Å². The molecule has 8 heteroatoms. The molecule has 1 amide bonds. The van der Waals surface area contributed by atoms with Crippen molar-refractivity contribution in [2.75, 3.05) is 19.1 Å². The zero-order chi connectivity index (χ0) is 22.3. The van der Waals surface area contributed by atoms with Crippen molar-refractivity contribution in [3.8, 4) is 17.2 Å². The van der Waals surface area contributed by atoms with E-state index in [0.29, 0.717) is 22.9 Å². The van der Waals surface area contributed by atoms with Crippen LogP contribution in [0.25, 0.3) is 5.69 Å². The van der Waals surface area contributed by atoms with Gasteiger partial charge in [0.15, 0.2) is 11.5 Å². The van der Waals surface area contributed by atoms with E-state index in [1.54, 1.807) is 28.5 Å². The zero-order valence-corrected chi connectivity index (χ0v) is 19.0. The lowest BCUT2D eigenvalue weighted by Gasteiger charge is -2.25. The van der Waals surface area contributed by atoms with Crippen LogP contribution >= 0.6 is 11.8 Å². The maximum Gasteiger partial charge on any atom is 0.295 e. The standard InChI is InChI=1S/C23H25N3O4S/c1-14-19(22(28)26(24(14)3)16-10-7-6-8-11-16)25-21(27)15(2)31-23(25)17-12-9-13-18(29-4)20(17)30-5/h6-13,15,23H,1-5H3/t15-,23-/m1/s1. The lowest BCUT2D eigenvalue weighted by atomic mass is 10.1. The van der Waals surface area contributed by atoms with Crippen molar-refractivity contribution in [2.45, 2.75) is 24.5 Å². The molecule has 3 aromatic rings. The highest BCUT2D eigenvalue weighted by Gasteiger charge is 2.44. The van der Waals surface area contributed by atoms with Gasteiger partial charge in [-0.15, -0.1) is 11.8 Å². The molecule has 1 aliphatic heterocycles. The van der Waals surface area contributed by atoms with Gasteiger partial charge in [0, 0.05) is 12.6 Å². The van der Waals surface area contributed by atoms with E-state index >= 15 is 0 Å². The second-order valence-electron chi connectivity index (χ2n) is 7.33. The van der Waals surface area contributed by atoms with Gasteiger partial charge in [-0.1, -0.05) is 30.3 Å². The van der Waals surface area contributed by atoms with Crippen molar-refractivity contribution in [3.05, 3.63) is 70.1 Å². The number of methoxy groups -OCH3 is 2. The first-order chi connectivity index (χ1) is 14.9.